The second kappa shape index (κ2) is 6.18. The average molecular weight is 267 g/mol. The van der Waals surface area contributed by atoms with Crippen molar-refractivity contribution in [2.45, 2.75) is 32.9 Å². The maximum absolute atomic E-state index is 11.5. The predicted molar refractivity (Wildman–Crippen MR) is 70.4 cm³/mol. The molecule has 3 N–H and O–H groups in total. The summed E-state index contributed by atoms with van der Waals surface area (Å²) in [6.07, 6.45) is 1.24. The average Bonchev–Trinajstić information content (AvgIpc) is 2.61. The Morgan fingerprint density at radius 2 is 2.42 bits per heavy atom. The summed E-state index contributed by atoms with van der Waals surface area (Å²) < 4.78 is 11.2. The van der Waals surface area contributed by atoms with E-state index in [0.29, 0.717) is 17.9 Å². The molecule has 6 heteroatoms. The number of amides is 1. The SMILES string of the molecule is Cc1oc(CN2CCCOC(C)C2)cc1C(=O)NN. The molecule has 0 radical (unpaired) electrons. The number of furan rings is 1. The van der Waals surface area contributed by atoms with Gasteiger partial charge in [-0.15, -0.1) is 0 Å². The number of nitrogens with zero attached hydrogens (tertiary/aromatic N) is 1. The normalized spacial score (nSPS) is 21.1. The molecule has 1 aromatic heterocycles. The van der Waals surface area contributed by atoms with Crippen molar-refractivity contribution in [3.63, 3.8) is 0 Å². The number of carbonyl (C=O) groups excluding carboxylic acids is 1. The Morgan fingerprint density at radius 1 is 1.63 bits per heavy atom. The quantitative estimate of drug-likeness (QED) is 0.481. The van der Waals surface area contributed by atoms with Gasteiger partial charge in [-0.3, -0.25) is 15.1 Å². The van der Waals surface area contributed by atoms with E-state index in [1.54, 1.807) is 13.0 Å². The van der Waals surface area contributed by atoms with Crippen molar-refractivity contribution in [2.75, 3.05) is 19.7 Å². The Hall–Kier alpha value is -1.37. The van der Waals surface area contributed by atoms with Gasteiger partial charge in [0, 0.05) is 19.7 Å². The molecule has 0 aromatic carbocycles. The number of nitrogen functional groups attached to an aromatic ring is 1. The minimum absolute atomic E-state index is 0.227. The van der Waals surface area contributed by atoms with Crippen LogP contribution in [-0.4, -0.2) is 36.6 Å². The maximum atomic E-state index is 11.5. The van der Waals surface area contributed by atoms with Crippen molar-refractivity contribution in [1.82, 2.24) is 10.3 Å². The van der Waals surface area contributed by atoms with E-state index in [-0.39, 0.29) is 12.0 Å². The highest BCUT2D eigenvalue weighted by Crippen LogP contribution is 2.17. The van der Waals surface area contributed by atoms with Crippen LogP contribution in [0.1, 0.15) is 35.2 Å². The Balaban J connectivity index is 2.04. The van der Waals surface area contributed by atoms with E-state index >= 15 is 0 Å². The largest absolute Gasteiger partial charge is 0.464 e. The van der Waals surface area contributed by atoms with Crippen LogP contribution in [-0.2, 0) is 11.3 Å². The molecule has 1 saturated heterocycles. The number of hydrogen-bond donors (Lipinski definition) is 2. The number of carbonyl (C=O) groups is 1. The molecule has 0 spiro atoms. The molecule has 1 aromatic rings. The van der Waals surface area contributed by atoms with Gasteiger partial charge >= 0.3 is 0 Å². The van der Waals surface area contributed by atoms with Crippen LogP contribution in [0.2, 0.25) is 0 Å². The first-order valence-corrected chi connectivity index (χ1v) is 6.54. The lowest BCUT2D eigenvalue weighted by Crippen LogP contribution is -2.30. The smallest absolute Gasteiger partial charge is 0.268 e. The fraction of sp³-hybridized carbons (Fsp3) is 0.615. The number of nitrogens with two attached hydrogens (primary N) is 1. The molecule has 2 rings (SSSR count). The van der Waals surface area contributed by atoms with Crippen LogP contribution in [0.3, 0.4) is 0 Å². The zero-order chi connectivity index (χ0) is 13.8. The molecule has 0 saturated carbocycles. The van der Waals surface area contributed by atoms with Crippen LogP contribution in [0.4, 0.5) is 0 Å². The third kappa shape index (κ3) is 3.56. The van der Waals surface area contributed by atoms with Crippen molar-refractivity contribution < 1.29 is 13.9 Å². The van der Waals surface area contributed by atoms with E-state index in [9.17, 15) is 4.79 Å². The third-order valence-electron chi connectivity index (χ3n) is 3.26. The molecule has 0 bridgehead atoms. The highest BCUT2D eigenvalue weighted by molar-refractivity contribution is 5.94. The summed E-state index contributed by atoms with van der Waals surface area (Å²) in [6.45, 7) is 7.17. The molecule has 19 heavy (non-hydrogen) atoms. The van der Waals surface area contributed by atoms with Crippen LogP contribution in [0, 0.1) is 6.92 Å². The summed E-state index contributed by atoms with van der Waals surface area (Å²) in [7, 11) is 0. The summed E-state index contributed by atoms with van der Waals surface area (Å²) in [6, 6.07) is 1.76. The van der Waals surface area contributed by atoms with Gasteiger partial charge in [0.25, 0.3) is 5.91 Å². The molecular weight excluding hydrogens is 246 g/mol. The fourth-order valence-electron chi connectivity index (χ4n) is 2.37. The number of aryl methyl sites for hydroxylation is 1. The number of nitrogens with one attached hydrogen (secondary N) is 1. The maximum Gasteiger partial charge on any atom is 0.268 e. The Morgan fingerprint density at radius 3 is 3.16 bits per heavy atom. The van der Waals surface area contributed by atoms with E-state index in [0.717, 1.165) is 31.9 Å². The highest BCUT2D eigenvalue weighted by Gasteiger charge is 2.19. The van der Waals surface area contributed by atoms with E-state index in [2.05, 4.69) is 17.2 Å². The zero-order valence-electron chi connectivity index (χ0n) is 11.4. The summed E-state index contributed by atoms with van der Waals surface area (Å²) in [5.41, 5.74) is 2.62. The Labute approximate surface area is 112 Å². The molecular formula is C13H21N3O3. The van der Waals surface area contributed by atoms with Crippen LogP contribution >= 0.6 is 0 Å². The molecule has 6 nitrogen and oxygen atoms in total. The van der Waals surface area contributed by atoms with Crippen molar-refractivity contribution in [1.29, 1.82) is 0 Å². The lowest BCUT2D eigenvalue weighted by Gasteiger charge is -2.20. The van der Waals surface area contributed by atoms with E-state index in [4.69, 9.17) is 15.0 Å². The van der Waals surface area contributed by atoms with Crippen LogP contribution in [0.25, 0.3) is 0 Å². The van der Waals surface area contributed by atoms with Gasteiger partial charge in [0.1, 0.15) is 11.5 Å². The fourth-order valence-corrected chi connectivity index (χ4v) is 2.37. The van der Waals surface area contributed by atoms with Gasteiger partial charge < -0.3 is 9.15 Å². The summed E-state index contributed by atoms with van der Waals surface area (Å²) in [5.74, 6) is 6.19. The highest BCUT2D eigenvalue weighted by atomic mass is 16.5. The topological polar surface area (TPSA) is 80.7 Å². The minimum atomic E-state index is -0.319. The zero-order valence-corrected chi connectivity index (χ0v) is 11.4. The van der Waals surface area contributed by atoms with Gasteiger partial charge in [-0.2, -0.15) is 0 Å². The first-order valence-electron chi connectivity index (χ1n) is 6.54. The number of hydrogen-bond acceptors (Lipinski definition) is 5. The standard InChI is InChI=1S/C13H21N3O3/c1-9-7-16(4-3-5-18-9)8-11-6-12(10(2)19-11)13(17)15-14/h6,9H,3-5,7-8,14H2,1-2H3,(H,15,17). The predicted octanol–water partition coefficient (Wildman–Crippen LogP) is 0.802. The van der Waals surface area contributed by atoms with Gasteiger partial charge in [-0.1, -0.05) is 0 Å². The van der Waals surface area contributed by atoms with Crippen molar-refractivity contribution >= 4 is 5.91 Å². The number of hydrazine groups is 1. The van der Waals surface area contributed by atoms with Gasteiger partial charge in [0.15, 0.2) is 0 Å². The monoisotopic (exact) mass is 267 g/mol. The van der Waals surface area contributed by atoms with E-state index in [1.165, 1.54) is 0 Å². The molecule has 1 aliphatic heterocycles. The Kier molecular flexibility index (Phi) is 4.57. The molecule has 1 amide bonds. The van der Waals surface area contributed by atoms with Gasteiger partial charge in [0.2, 0.25) is 0 Å². The first kappa shape index (κ1) is 14.0. The molecule has 1 unspecified atom stereocenters. The third-order valence-corrected chi connectivity index (χ3v) is 3.26. The summed E-state index contributed by atoms with van der Waals surface area (Å²) >= 11 is 0. The number of ether oxygens (including phenoxy) is 1. The molecule has 106 valence electrons. The molecule has 2 heterocycles. The van der Waals surface area contributed by atoms with Crippen LogP contribution in [0.15, 0.2) is 10.5 Å². The Bertz CT molecular complexity index is 444. The lowest BCUT2D eigenvalue weighted by atomic mass is 10.2. The van der Waals surface area contributed by atoms with Crippen molar-refractivity contribution in [2.24, 2.45) is 5.84 Å². The van der Waals surface area contributed by atoms with Gasteiger partial charge in [-0.05, 0) is 26.3 Å². The summed E-state index contributed by atoms with van der Waals surface area (Å²) in [4.78, 5) is 13.8. The lowest BCUT2D eigenvalue weighted by molar-refractivity contribution is 0.0658. The van der Waals surface area contributed by atoms with E-state index < -0.39 is 0 Å². The van der Waals surface area contributed by atoms with Crippen LogP contribution in [0.5, 0.6) is 0 Å². The van der Waals surface area contributed by atoms with Crippen molar-refractivity contribution in [3.05, 3.63) is 23.2 Å². The molecule has 1 fully saturated rings. The van der Waals surface area contributed by atoms with Crippen molar-refractivity contribution in [3.8, 4) is 0 Å². The second-order valence-corrected chi connectivity index (χ2v) is 4.93. The van der Waals surface area contributed by atoms with Gasteiger partial charge in [0.05, 0.1) is 18.2 Å². The van der Waals surface area contributed by atoms with Crippen LogP contribution < -0.4 is 11.3 Å². The molecule has 1 atom stereocenters. The number of rotatable bonds is 3. The second-order valence-electron chi connectivity index (χ2n) is 4.93. The molecule has 0 aliphatic carbocycles. The van der Waals surface area contributed by atoms with Gasteiger partial charge in [-0.25, -0.2) is 5.84 Å². The van der Waals surface area contributed by atoms with E-state index in [1.807, 2.05) is 0 Å². The summed E-state index contributed by atoms with van der Waals surface area (Å²) in [5, 5.41) is 0. The first-order chi connectivity index (χ1) is 9.10. The minimum Gasteiger partial charge on any atom is -0.464 e. The molecule has 1 aliphatic rings.